The van der Waals surface area contributed by atoms with Crippen LogP contribution < -0.4 is 20.7 Å². The first-order valence-electron chi connectivity index (χ1n) is 12.6. The number of benzene rings is 1. The van der Waals surface area contributed by atoms with E-state index in [1.807, 2.05) is 19.9 Å². The topological polar surface area (TPSA) is 168 Å². The molecule has 0 aliphatic carbocycles. The Balaban J connectivity index is 0.00000205. The predicted molar refractivity (Wildman–Crippen MR) is 150 cm³/mol. The van der Waals surface area contributed by atoms with Gasteiger partial charge in [-0.2, -0.15) is 19.4 Å². The summed E-state index contributed by atoms with van der Waals surface area (Å²) in [7, 11) is -2.02. The summed E-state index contributed by atoms with van der Waals surface area (Å²) >= 11 is 6.63. The average molecular weight is 585 g/mol. The molecule has 1 aliphatic rings. The minimum Gasteiger partial charge on any atom is -0.462 e. The number of fused-ring (bicyclic) bond motifs is 1. The Kier molecular flexibility index (Phi) is 11.0. The number of aromatic nitrogens is 4. The van der Waals surface area contributed by atoms with Crippen LogP contribution in [-0.2, 0) is 18.8 Å². The molecule has 0 saturated carbocycles. The fraction of sp³-hybridized carbons (Fsp3) is 0.500. The second-order valence-corrected chi connectivity index (χ2v) is 10.9. The zero-order chi connectivity index (χ0) is 28.6. The van der Waals surface area contributed by atoms with E-state index in [-0.39, 0.29) is 25.2 Å². The van der Waals surface area contributed by atoms with Gasteiger partial charge >= 0.3 is 14.1 Å². The van der Waals surface area contributed by atoms with Gasteiger partial charge in [-0.1, -0.05) is 37.1 Å². The third-order valence-corrected chi connectivity index (χ3v) is 7.19. The van der Waals surface area contributed by atoms with E-state index in [1.165, 1.54) is 0 Å². The normalized spacial score (nSPS) is 20.3. The molecule has 0 bridgehead atoms. The van der Waals surface area contributed by atoms with Crippen molar-refractivity contribution in [3.8, 4) is 5.75 Å². The van der Waals surface area contributed by atoms with E-state index in [0.29, 0.717) is 29.2 Å². The van der Waals surface area contributed by atoms with Crippen molar-refractivity contribution in [2.24, 2.45) is 0 Å². The molecule has 4 unspecified atom stereocenters. The molecule has 39 heavy (non-hydrogen) atoms. The molecule has 3 aromatic rings. The Morgan fingerprint density at radius 1 is 1.31 bits per heavy atom. The van der Waals surface area contributed by atoms with Gasteiger partial charge in [0.15, 0.2) is 29.0 Å². The maximum atomic E-state index is 12.0. The monoisotopic (exact) mass is 584 g/mol. The lowest BCUT2D eigenvalue weighted by molar-refractivity contribution is -0.146. The van der Waals surface area contributed by atoms with Gasteiger partial charge < -0.3 is 20.5 Å². The van der Waals surface area contributed by atoms with Gasteiger partial charge in [-0.25, -0.2) is 4.98 Å². The Hall–Kier alpha value is -2.80. The Labute approximate surface area is 233 Å². The lowest BCUT2D eigenvalue weighted by Crippen LogP contribution is -2.31. The lowest BCUT2D eigenvalue weighted by atomic mass is 10.2. The van der Waals surface area contributed by atoms with Crippen molar-refractivity contribution in [1.82, 2.24) is 24.6 Å². The van der Waals surface area contributed by atoms with Crippen molar-refractivity contribution in [2.75, 3.05) is 31.2 Å². The van der Waals surface area contributed by atoms with Crippen LogP contribution in [0.1, 0.15) is 40.3 Å². The minimum atomic E-state index is -3.74. The molecule has 13 nitrogen and oxygen atoms in total. The van der Waals surface area contributed by atoms with Gasteiger partial charge in [0.05, 0.1) is 23.9 Å². The van der Waals surface area contributed by atoms with Crippen LogP contribution >= 0.6 is 19.7 Å². The molecule has 15 heteroatoms. The summed E-state index contributed by atoms with van der Waals surface area (Å²) in [6.07, 6.45) is 0.557. The number of hydrogen-bond donors (Lipinski definition) is 4. The number of carbonyl (C=O) groups is 1. The van der Waals surface area contributed by atoms with E-state index in [2.05, 4.69) is 25.4 Å². The van der Waals surface area contributed by atoms with Crippen LogP contribution in [0.15, 0.2) is 36.7 Å². The van der Waals surface area contributed by atoms with Crippen molar-refractivity contribution in [2.45, 2.75) is 57.9 Å². The standard InChI is InChI=1S/C22H30ClN7O6P.C2H6/c1-13(2)34-17(31)10-27-37(32,36-14-7-5-4-6-8-14)33-11-15-9-16(23)21(35-15)30-12-26-18-19(25-3)28-22(24)29-20(18)30;1-2/h4-8,12-13,15-16,21,27,32H,9-11H2,1-3H3,(H3,24,25,28,29);1-2H3/q+1;. The summed E-state index contributed by atoms with van der Waals surface area (Å²) < 4.78 is 24.5. The van der Waals surface area contributed by atoms with Crippen molar-refractivity contribution in [1.29, 1.82) is 0 Å². The van der Waals surface area contributed by atoms with Crippen LogP contribution in [0.5, 0.6) is 5.75 Å². The summed E-state index contributed by atoms with van der Waals surface area (Å²) in [5.74, 6) is 0.379. The van der Waals surface area contributed by atoms with Gasteiger partial charge in [-0.05, 0) is 32.4 Å². The predicted octanol–water partition coefficient (Wildman–Crippen LogP) is 3.68. The maximum absolute atomic E-state index is 12.0. The second-order valence-electron chi connectivity index (χ2n) is 8.50. The number of esters is 1. The molecule has 0 amide bonds. The Bertz CT molecular complexity index is 1220. The largest absolute Gasteiger partial charge is 0.544 e. The molecule has 214 valence electrons. The summed E-state index contributed by atoms with van der Waals surface area (Å²) in [6.45, 7) is 7.10. The summed E-state index contributed by atoms with van der Waals surface area (Å²) in [6, 6.07) is 8.64. The van der Waals surface area contributed by atoms with E-state index < -0.39 is 31.8 Å². The molecule has 1 aromatic carbocycles. The van der Waals surface area contributed by atoms with Crippen LogP contribution in [0.4, 0.5) is 11.8 Å². The van der Waals surface area contributed by atoms with Crippen LogP contribution in [0.25, 0.3) is 11.2 Å². The van der Waals surface area contributed by atoms with Crippen LogP contribution in [-0.4, -0.2) is 68.2 Å². The van der Waals surface area contributed by atoms with E-state index in [0.717, 1.165) is 0 Å². The third-order valence-electron chi connectivity index (χ3n) is 5.28. The zero-order valence-corrected chi connectivity index (χ0v) is 24.2. The number of ether oxygens (including phenoxy) is 2. The van der Waals surface area contributed by atoms with Gasteiger partial charge in [-0.15, -0.1) is 11.6 Å². The number of rotatable bonds is 11. The lowest BCUT2D eigenvalue weighted by Gasteiger charge is -2.20. The highest BCUT2D eigenvalue weighted by Gasteiger charge is 2.47. The first kappa shape index (κ1) is 30.7. The van der Waals surface area contributed by atoms with Crippen molar-refractivity contribution >= 4 is 48.6 Å². The Morgan fingerprint density at radius 3 is 2.69 bits per heavy atom. The molecule has 4 rings (SSSR count). The molecule has 1 saturated heterocycles. The number of anilines is 2. The number of imidazole rings is 1. The SMILES string of the molecule is CC.CNc1nc(N)nc2c1ncn2C1OC(CO[P+](O)(NCC(=O)OC(C)C)Oc2ccccc2)CC1Cl. The van der Waals surface area contributed by atoms with Gasteiger partial charge in [0.25, 0.3) is 0 Å². The van der Waals surface area contributed by atoms with Gasteiger partial charge in [0, 0.05) is 7.05 Å². The summed E-state index contributed by atoms with van der Waals surface area (Å²) in [5.41, 5.74) is 6.84. The van der Waals surface area contributed by atoms with E-state index in [1.54, 1.807) is 56.1 Å². The number of halogens is 1. The molecule has 0 radical (unpaired) electrons. The number of nitrogens with one attached hydrogen (secondary N) is 2. The van der Waals surface area contributed by atoms with Crippen LogP contribution in [0.3, 0.4) is 0 Å². The quantitative estimate of drug-likeness (QED) is 0.147. The first-order valence-corrected chi connectivity index (χ1v) is 14.6. The number of hydrogen-bond acceptors (Lipinski definition) is 12. The number of nitrogen functional groups attached to an aromatic ring is 1. The van der Waals surface area contributed by atoms with E-state index in [4.69, 9.17) is 35.9 Å². The van der Waals surface area contributed by atoms with Gasteiger partial charge in [0.1, 0.15) is 13.2 Å². The number of para-hydroxylation sites is 1. The van der Waals surface area contributed by atoms with E-state index >= 15 is 0 Å². The second kappa shape index (κ2) is 14.0. The smallest absolute Gasteiger partial charge is 0.462 e. The molecule has 5 N–H and O–H groups in total. The molecule has 1 fully saturated rings. The highest BCUT2D eigenvalue weighted by molar-refractivity contribution is 7.58. The van der Waals surface area contributed by atoms with Gasteiger partial charge in [0.2, 0.25) is 5.95 Å². The molecule has 1 aliphatic heterocycles. The van der Waals surface area contributed by atoms with Crippen molar-refractivity contribution in [3.63, 3.8) is 0 Å². The Morgan fingerprint density at radius 2 is 2.03 bits per heavy atom. The molecule has 4 atom stereocenters. The molecular formula is C24H36ClN7O6P+. The average Bonchev–Trinajstić information content (AvgIpc) is 3.50. The number of carbonyl (C=O) groups excluding carboxylic acids is 1. The number of alkyl halides is 1. The van der Waals surface area contributed by atoms with Crippen LogP contribution in [0.2, 0.25) is 0 Å². The maximum Gasteiger partial charge on any atom is 0.544 e. The fourth-order valence-electron chi connectivity index (χ4n) is 3.73. The molecule has 2 aromatic heterocycles. The van der Waals surface area contributed by atoms with E-state index in [9.17, 15) is 9.69 Å². The zero-order valence-electron chi connectivity index (χ0n) is 22.6. The number of nitrogens with zero attached hydrogens (tertiary/aromatic N) is 4. The highest BCUT2D eigenvalue weighted by Crippen LogP contribution is 2.53. The fourth-order valence-corrected chi connectivity index (χ4v) is 5.42. The summed E-state index contributed by atoms with van der Waals surface area (Å²) in [5, 5.41) is 5.17. The van der Waals surface area contributed by atoms with Crippen molar-refractivity contribution < 1.29 is 28.2 Å². The molecule has 3 heterocycles. The van der Waals surface area contributed by atoms with Gasteiger partial charge in [-0.3, -0.25) is 13.9 Å². The first-order chi connectivity index (χ1) is 18.7. The minimum absolute atomic E-state index is 0.0609. The third kappa shape index (κ3) is 8.10. The molecular weight excluding hydrogens is 549 g/mol. The number of nitrogens with two attached hydrogens (primary N) is 1. The highest BCUT2D eigenvalue weighted by atomic mass is 35.5. The molecule has 0 spiro atoms. The summed E-state index contributed by atoms with van der Waals surface area (Å²) in [4.78, 5) is 36.0. The van der Waals surface area contributed by atoms with Crippen molar-refractivity contribution in [3.05, 3.63) is 36.7 Å². The van der Waals surface area contributed by atoms with Crippen LogP contribution in [0, 0.1) is 0 Å².